The van der Waals surface area contributed by atoms with Gasteiger partial charge in [0.25, 0.3) is 0 Å². The number of benzene rings is 1. The van der Waals surface area contributed by atoms with E-state index in [0.29, 0.717) is 5.69 Å². The minimum absolute atomic E-state index is 0.0356. The Hall–Kier alpha value is -2.28. The van der Waals surface area contributed by atoms with Crippen LogP contribution in [0.3, 0.4) is 0 Å². The van der Waals surface area contributed by atoms with Crippen molar-refractivity contribution in [2.75, 3.05) is 25.3 Å². The van der Waals surface area contributed by atoms with Gasteiger partial charge in [-0.05, 0) is 30.5 Å². The molecule has 0 aliphatic carbocycles. The van der Waals surface area contributed by atoms with Crippen LogP contribution in [-0.4, -0.2) is 36.7 Å². The number of primary amides is 1. The lowest BCUT2D eigenvalue weighted by Gasteiger charge is -2.17. The van der Waals surface area contributed by atoms with Crippen molar-refractivity contribution >= 4 is 29.3 Å². The van der Waals surface area contributed by atoms with Crippen molar-refractivity contribution in [2.24, 2.45) is 5.73 Å². The number of nitrogens with zero attached hydrogens (tertiary/aromatic N) is 1. The normalized spacial score (nSPS) is 10.5. The van der Waals surface area contributed by atoms with Crippen LogP contribution in [0, 0.1) is 5.82 Å². The predicted octanol–water partition coefficient (Wildman–Crippen LogP) is 1.97. The number of hydrogen-bond acceptors (Lipinski definition) is 4. The van der Waals surface area contributed by atoms with Gasteiger partial charge in [-0.1, -0.05) is 6.58 Å². The maximum Gasteiger partial charge on any atom is 0.248 e. The largest absolute Gasteiger partial charge is 0.366 e. The Morgan fingerprint density at radius 3 is 2.68 bits per heavy atom. The summed E-state index contributed by atoms with van der Waals surface area (Å²) < 4.78 is 13.8. The Morgan fingerprint density at radius 2 is 2.14 bits per heavy atom. The van der Waals surface area contributed by atoms with E-state index in [-0.39, 0.29) is 24.0 Å². The van der Waals surface area contributed by atoms with Gasteiger partial charge < -0.3 is 16.0 Å². The number of anilines is 1. The van der Waals surface area contributed by atoms with E-state index in [4.69, 9.17) is 5.73 Å². The summed E-state index contributed by atoms with van der Waals surface area (Å²) in [5.41, 5.74) is 5.35. The highest BCUT2D eigenvalue weighted by atomic mass is 32.2. The molecule has 118 valence electrons. The smallest absolute Gasteiger partial charge is 0.248 e. The van der Waals surface area contributed by atoms with Gasteiger partial charge >= 0.3 is 0 Å². The zero-order chi connectivity index (χ0) is 16.7. The van der Waals surface area contributed by atoms with Crippen molar-refractivity contribution in [3.8, 4) is 0 Å². The van der Waals surface area contributed by atoms with E-state index in [1.54, 1.807) is 19.2 Å². The molecule has 5 nitrogen and oxygen atoms in total. The first-order valence-corrected chi connectivity index (χ1v) is 7.57. The zero-order valence-electron chi connectivity index (χ0n) is 12.4. The number of nitrogens with one attached hydrogen (secondary N) is 1. The van der Waals surface area contributed by atoms with Gasteiger partial charge in [0.1, 0.15) is 5.82 Å². The SMILES string of the molecule is C=C(/C=C\C(=O)N(C)CNc1ccc(SC)cc1F)C(N)=O. The fourth-order valence-electron chi connectivity index (χ4n) is 1.43. The molecule has 0 saturated heterocycles. The molecular weight excluding hydrogens is 305 g/mol. The maximum absolute atomic E-state index is 13.8. The standard InChI is InChI=1S/C15H18FN3O2S/c1-10(15(17)21)4-7-14(20)19(2)9-18-13-6-5-11(22-3)8-12(13)16/h4-8,18H,1,9H2,2-3H3,(H2,17,21)/b7-4-. The molecule has 0 heterocycles. The highest BCUT2D eigenvalue weighted by Gasteiger charge is 2.08. The van der Waals surface area contributed by atoms with E-state index < -0.39 is 5.91 Å². The molecule has 0 spiro atoms. The molecule has 0 bridgehead atoms. The summed E-state index contributed by atoms with van der Waals surface area (Å²) >= 11 is 1.45. The van der Waals surface area contributed by atoms with Crippen LogP contribution in [0.25, 0.3) is 0 Å². The molecule has 1 rings (SSSR count). The molecule has 0 aliphatic rings. The number of thioether (sulfide) groups is 1. The first-order valence-electron chi connectivity index (χ1n) is 6.34. The van der Waals surface area contributed by atoms with Crippen LogP contribution >= 0.6 is 11.8 Å². The molecule has 0 saturated carbocycles. The van der Waals surface area contributed by atoms with Gasteiger partial charge in [0.2, 0.25) is 11.8 Å². The van der Waals surface area contributed by atoms with Crippen molar-refractivity contribution in [3.05, 3.63) is 48.3 Å². The van der Waals surface area contributed by atoms with E-state index in [1.165, 1.54) is 34.9 Å². The Bertz CT molecular complexity index is 617. The third kappa shape index (κ3) is 5.25. The van der Waals surface area contributed by atoms with E-state index in [2.05, 4.69) is 11.9 Å². The summed E-state index contributed by atoms with van der Waals surface area (Å²) in [7, 11) is 1.54. The molecule has 0 fully saturated rings. The minimum atomic E-state index is -0.694. The third-order valence-electron chi connectivity index (χ3n) is 2.80. The van der Waals surface area contributed by atoms with E-state index >= 15 is 0 Å². The lowest BCUT2D eigenvalue weighted by Crippen LogP contribution is -2.30. The highest BCUT2D eigenvalue weighted by Crippen LogP contribution is 2.21. The molecule has 0 aliphatic heterocycles. The molecule has 3 N–H and O–H groups in total. The molecule has 22 heavy (non-hydrogen) atoms. The van der Waals surface area contributed by atoms with Crippen LogP contribution in [0.2, 0.25) is 0 Å². The van der Waals surface area contributed by atoms with Gasteiger partial charge in [0.05, 0.1) is 12.4 Å². The molecule has 2 amide bonds. The molecule has 0 aromatic heterocycles. The van der Waals surface area contributed by atoms with Crippen LogP contribution in [0.4, 0.5) is 10.1 Å². The zero-order valence-corrected chi connectivity index (χ0v) is 13.2. The number of hydrogen-bond donors (Lipinski definition) is 2. The van der Waals surface area contributed by atoms with Crippen molar-refractivity contribution in [1.29, 1.82) is 0 Å². The molecule has 7 heteroatoms. The van der Waals surface area contributed by atoms with Gasteiger partial charge in [-0.3, -0.25) is 9.59 Å². The monoisotopic (exact) mass is 323 g/mol. The fourth-order valence-corrected chi connectivity index (χ4v) is 1.85. The average Bonchev–Trinajstić information content (AvgIpc) is 2.50. The van der Waals surface area contributed by atoms with Gasteiger partial charge in [-0.25, -0.2) is 4.39 Å². The lowest BCUT2D eigenvalue weighted by atomic mass is 10.2. The maximum atomic E-state index is 13.8. The molecule has 0 atom stereocenters. The third-order valence-corrected chi connectivity index (χ3v) is 3.53. The minimum Gasteiger partial charge on any atom is -0.366 e. The summed E-state index contributed by atoms with van der Waals surface area (Å²) in [6.45, 7) is 3.52. The van der Waals surface area contributed by atoms with E-state index in [0.717, 1.165) is 4.90 Å². The number of carbonyl (C=O) groups excluding carboxylic acids is 2. The Kier molecular flexibility index (Phi) is 6.65. The Balaban J connectivity index is 2.58. The second-order valence-corrected chi connectivity index (χ2v) is 5.32. The summed E-state index contributed by atoms with van der Waals surface area (Å²) in [5.74, 6) is -1.44. The van der Waals surface area contributed by atoms with E-state index in [1.807, 2.05) is 6.26 Å². The molecule has 1 aromatic rings. The van der Waals surface area contributed by atoms with E-state index in [9.17, 15) is 14.0 Å². The number of nitrogens with two attached hydrogens (primary N) is 1. The average molecular weight is 323 g/mol. The Morgan fingerprint density at radius 1 is 1.45 bits per heavy atom. The fraction of sp³-hybridized carbons (Fsp3) is 0.200. The lowest BCUT2D eigenvalue weighted by molar-refractivity contribution is -0.124. The summed E-state index contributed by atoms with van der Waals surface area (Å²) in [4.78, 5) is 24.7. The van der Waals surface area contributed by atoms with Gasteiger partial charge in [-0.15, -0.1) is 11.8 Å². The number of amides is 2. The highest BCUT2D eigenvalue weighted by molar-refractivity contribution is 7.98. The first kappa shape index (κ1) is 17.8. The quantitative estimate of drug-likeness (QED) is 0.348. The number of carbonyl (C=O) groups is 2. The molecule has 1 aromatic carbocycles. The van der Waals surface area contributed by atoms with Crippen molar-refractivity contribution in [2.45, 2.75) is 4.90 Å². The predicted molar refractivity (Wildman–Crippen MR) is 86.9 cm³/mol. The first-order chi connectivity index (χ1) is 10.3. The molecular formula is C15H18FN3O2S. The van der Waals surface area contributed by atoms with Crippen LogP contribution in [0.1, 0.15) is 0 Å². The summed E-state index contributed by atoms with van der Waals surface area (Å²) in [6.07, 6.45) is 4.29. The Labute approximate surface area is 133 Å². The summed E-state index contributed by atoms with van der Waals surface area (Å²) in [5, 5.41) is 2.83. The van der Waals surface area contributed by atoms with Crippen molar-refractivity contribution in [1.82, 2.24) is 4.90 Å². The number of halogens is 1. The van der Waals surface area contributed by atoms with Gasteiger partial charge in [-0.2, -0.15) is 0 Å². The second kappa shape index (κ2) is 8.23. The van der Waals surface area contributed by atoms with Gasteiger partial charge in [0, 0.05) is 23.6 Å². The summed E-state index contributed by atoms with van der Waals surface area (Å²) in [6, 6.07) is 4.82. The second-order valence-electron chi connectivity index (χ2n) is 4.44. The van der Waals surface area contributed by atoms with Crippen LogP contribution in [0.5, 0.6) is 0 Å². The molecule has 0 radical (unpaired) electrons. The number of rotatable bonds is 7. The van der Waals surface area contributed by atoms with Crippen LogP contribution < -0.4 is 11.1 Å². The van der Waals surface area contributed by atoms with Crippen LogP contribution in [0.15, 0.2) is 47.4 Å². The van der Waals surface area contributed by atoms with Gasteiger partial charge in [0.15, 0.2) is 0 Å². The number of likely N-dealkylation sites (N-methyl/N-ethyl adjacent to an activating group) is 1. The van der Waals surface area contributed by atoms with Crippen molar-refractivity contribution < 1.29 is 14.0 Å². The molecule has 0 unspecified atom stereocenters. The van der Waals surface area contributed by atoms with Crippen molar-refractivity contribution in [3.63, 3.8) is 0 Å². The topological polar surface area (TPSA) is 75.4 Å². The van der Waals surface area contributed by atoms with Crippen LogP contribution in [-0.2, 0) is 9.59 Å².